The van der Waals surface area contributed by atoms with Crippen molar-refractivity contribution in [3.63, 3.8) is 0 Å². The first kappa shape index (κ1) is 21.2. The number of alkyl halides is 3. The van der Waals surface area contributed by atoms with Crippen LogP contribution in [0.4, 0.5) is 13.2 Å². The Morgan fingerprint density at radius 1 is 1.10 bits per heavy atom. The SMILES string of the molecule is CCOC(=O)C(CC)c1ccc(-c2ccc(C(F)(F)F)cc2)c(OCC2CC2)c1. The third-order valence-electron chi connectivity index (χ3n) is 5.08. The predicted octanol–water partition coefficient (Wildman–Crippen LogP) is 6.22. The van der Waals surface area contributed by atoms with Gasteiger partial charge in [0, 0.05) is 5.56 Å². The number of ether oxygens (including phenoxy) is 2. The zero-order chi connectivity index (χ0) is 21.0. The standard InChI is InChI=1S/C23H25F3O3/c1-3-19(22(27)28-4-2)17-9-12-20(21(13-17)29-14-15-5-6-15)16-7-10-18(11-8-16)23(24,25)26/h7-13,15,19H,3-6,14H2,1-2H3. The molecule has 156 valence electrons. The van der Waals surface area contributed by atoms with Crippen molar-refractivity contribution >= 4 is 5.97 Å². The Morgan fingerprint density at radius 2 is 1.79 bits per heavy atom. The van der Waals surface area contributed by atoms with Gasteiger partial charge in [0.2, 0.25) is 0 Å². The third-order valence-corrected chi connectivity index (χ3v) is 5.08. The van der Waals surface area contributed by atoms with Gasteiger partial charge in [0.15, 0.2) is 0 Å². The molecule has 0 bridgehead atoms. The fourth-order valence-electron chi connectivity index (χ4n) is 3.23. The molecule has 1 atom stereocenters. The number of rotatable bonds is 8. The topological polar surface area (TPSA) is 35.5 Å². The molecule has 1 aliphatic carbocycles. The average Bonchev–Trinajstić information content (AvgIpc) is 3.51. The van der Waals surface area contributed by atoms with Gasteiger partial charge >= 0.3 is 12.1 Å². The molecule has 0 aliphatic heterocycles. The van der Waals surface area contributed by atoms with Crippen molar-refractivity contribution in [1.82, 2.24) is 0 Å². The maximum Gasteiger partial charge on any atom is 0.416 e. The summed E-state index contributed by atoms with van der Waals surface area (Å²) in [4.78, 5) is 12.3. The molecule has 6 heteroatoms. The number of benzene rings is 2. The monoisotopic (exact) mass is 406 g/mol. The normalized spacial score (nSPS) is 15.1. The van der Waals surface area contributed by atoms with E-state index >= 15 is 0 Å². The van der Waals surface area contributed by atoms with E-state index in [1.807, 2.05) is 25.1 Å². The highest BCUT2D eigenvalue weighted by Gasteiger charge is 2.30. The van der Waals surface area contributed by atoms with Crippen LogP contribution in [0.5, 0.6) is 5.75 Å². The molecular formula is C23H25F3O3. The van der Waals surface area contributed by atoms with Gasteiger partial charge in [-0.1, -0.05) is 31.2 Å². The van der Waals surface area contributed by atoms with E-state index in [1.54, 1.807) is 6.92 Å². The molecule has 0 aromatic heterocycles. The molecular weight excluding hydrogens is 381 g/mol. The van der Waals surface area contributed by atoms with Crippen molar-refractivity contribution in [2.24, 2.45) is 5.92 Å². The van der Waals surface area contributed by atoms with Gasteiger partial charge in [-0.2, -0.15) is 13.2 Å². The molecule has 0 N–H and O–H groups in total. The van der Waals surface area contributed by atoms with E-state index in [2.05, 4.69) is 0 Å². The lowest BCUT2D eigenvalue weighted by Crippen LogP contribution is -2.15. The van der Waals surface area contributed by atoms with Crippen molar-refractivity contribution < 1.29 is 27.4 Å². The lowest BCUT2D eigenvalue weighted by molar-refractivity contribution is -0.145. The molecule has 2 aromatic carbocycles. The van der Waals surface area contributed by atoms with E-state index in [0.29, 0.717) is 42.4 Å². The maximum atomic E-state index is 12.9. The van der Waals surface area contributed by atoms with Crippen molar-refractivity contribution in [3.05, 3.63) is 53.6 Å². The average molecular weight is 406 g/mol. The highest BCUT2D eigenvalue weighted by molar-refractivity contribution is 5.79. The van der Waals surface area contributed by atoms with Crippen LogP contribution in [0.2, 0.25) is 0 Å². The van der Waals surface area contributed by atoms with Crippen LogP contribution in [-0.2, 0) is 15.7 Å². The maximum absolute atomic E-state index is 12.9. The Hall–Kier alpha value is -2.50. The fraction of sp³-hybridized carbons (Fsp3) is 0.435. The van der Waals surface area contributed by atoms with Crippen LogP contribution in [-0.4, -0.2) is 19.2 Å². The molecule has 0 heterocycles. The number of hydrogen-bond acceptors (Lipinski definition) is 3. The van der Waals surface area contributed by atoms with Crippen molar-refractivity contribution in [2.75, 3.05) is 13.2 Å². The molecule has 3 nitrogen and oxygen atoms in total. The zero-order valence-corrected chi connectivity index (χ0v) is 16.6. The number of carbonyl (C=O) groups excluding carboxylic acids is 1. The predicted molar refractivity (Wildman–Crippen MR) is 105 cm³/mol. The second kappa shape index (κ2) is 8.89. The lowest BCUT2D eigenvalue weighted by Gasteiger charge is -2.18. The second-order valence-electron chi connectivity index (χ2n) is 7.30. The Morgan fingerprint density at radius 3 is 2.34 bits per heavy atom. The third kappa shape index (κ3) is 5.31. The molecule has 0 amide bonds. The van der Waals surface area contributed by atoms with Gasteiger partial charge in [0.25, 0.3) is 0 Å². The Labute approximate surface area is 168 Å². The second-order valence-corrected chi connectivity index (χ2v) is 7.30. The van der Waals surface area contributed by atoms with Crippen LogP contribution in [0, 0.1) is 5.92 Å². The summed E-state index contributed by atoms with van der Waals surface area (Å²) in [6, 6.07) is 10.5. The quantitative estimate of drug-likeness (QED) is 0.489. The van der Waals surface area contributed by atoms with Crippen LogP contribution in [0.25, 0.3) is 11.1 Å². The van der Waals surface area contributed by atoms with Gasteiger partial charge in [-0.15, -0.1) is 0 Å². The smallest absolute Gasteiger partial charge is 0.416 e. The summed E-state index contributed by atoms with van der Waals surface area (Å²) in [6.07, 6.45) is -1.55. The van der Waals surface area contributed by atoms with Crippen LogP contribution >= 0.6 is 0 Å². The zero-order valence-electron chi connectivity index (χ0n) is 16.6. The molecule has 1 aliphatic rings. The first-order valence-corrected chi connectivity index (χ1v) is 9.94. The van der Waals surface area contributed by atoms with Crippen LogP contribution in [0.3, 0.4) is 0 Å². The number of esters is 1. The molecule has 1 saturated carbocycles. The van der Waals surface area contributed by atoms with Crippen LogP contribution in [0.15, 0.2) is 42.5 Å². The molecule has 1 unspecified atom stereocenters. The Bertz CT molecular complexity index is 839. The van der Waals surface area contributed by atoms with E-state index in [1.165, 1.54) is 12.1 Å². The highest BCUT2D eigenvalue weighted by Crippen LogP contribution is 2.38. The largest absolute Gasteiger partial charge is 0.493 e. The number of hydrogen-bond donors (Lipinski definition) is 0. The molecule has 0 spiro atoms. The minimum absolute atomic E-state index is 0.287. The highest BCUT2D eigenvalue weighted by atomic mass is 19.4. The number of carbonyl (C=O) groups is 1. The van der Waals surface area contributed by atoms with E-state index < -0.39 is 17.7 Å². The lowest BCUT2D eigenvalue weighted by atomic mass is 9.93. The summed E-state index contributed by atoms with van der Waals surface area (Å²) in [5.41, 5.74) is 1.44. The summed E-state index contributed by atoms with van der Waals surface area (Å²) >= 11 is 0. The molecule has 3 rings (SSSR count). The van der Waals surface area contributed by atoms with Crippen LogP contribution < -0.4 is 4.74 Å². The minimum Gasteiger partial charge on any atom is -0.493 e. The summed E-state index contributed by atoms with van der Waals surface area (Å²) in [5.74, 6) is 0.411. The summed E-state index contributed by atoms with van der Waals surface area (Å²) in [5, 5.41) is 0. The Balaban J connectivity index is 1.94. The van der Waals surface area contributed by atoms with Crippen molar-refractivity contribution in [3.8, 4) is 16.9 Å². The summed E-state index contributed by atoms with van der Waals surface area (Å²) < 4.78 is 49.8. The van der Waals surface area contributed by atoms with E-state index in [4.69, 9.17) is 9.47 Å². The van der Waals surface area contributed by atoms with Crippen molar-refractivity contribution in [2.45, 2.75) is 45.2 Å². The molecule has 2 aromatic rings. The van der Waals surface area contributed by atoms with E-state index in [0.717, 1.165) is 30.5 Å². The van der Waals surface area contributed by atoms with E-state index in [-0.39, 0.29) is 5.97 Å². The van der Waals surface area contributed by atoms with Gasteiger partial charge in [-0.25, -0.2) is 0 Å². The van der Waals surface area contributed by atoms with Gasteiger partial charge in [0.1, 0.15) is 5.75 Å². The first-order valence-electron chi connectivity index (χ1n) is 9.94. The van der Waals surface area contributed by atoms with Crippen LogP contribution in [0.1, 0.15) is 50.2 Å². The Kier molecular flexibility index (Phi) is 6.50. The van der Waals surface area contributed by atoms with Gasteiger partial charge in [0.05, 0.1) is 24.7 Å². The van der Waals surface area contributed by atoms with Gasteiger partial charge < -0.3 is 9.47 Å². The summed E-state index contributed by atoms with van der Waals surface area (Å²) in [7, 11) is 0. The van der Waals surface area contributed by atoms with Gasteiger partial charge in [-0.3, -0.25) is 4.79 Å². The molecule has 0 saturated heterocycles. The van der Waals surface area contributed by atoms with Crippen molar-refractivity contribution in [1.29, 1.82) is 0 Å². The summed E-state index contributed by atoms with van der Waals surface area (Å²) in [6.45, 7) is 4.55. The minimum atomic E-state index is -4.37. The van der Waals surface area contributed by atoms with Gasteiger partial charge in [-0.05, 0) is 61.4 Å². The van der Waals surface area contributed by atoms with E-state index in [9.17, 15) is 18.0 Å². The molecule has 1 fully saturated rings. The fourth-order valence-corrected chi connectivity index (χ4v) is 3.23. The molecule has 0 radical (unpaired) electrons. The molecule has 29 heavy (non-hydrogen) atoms. The first-order chi connectivity index (χ1) is 13.8. The number of halogens is 3.